The minimum absolute atomic E-state index is 0.100. The molecule has 0 unspecified atom stereocenters. The van der Waals surface area contributed by atoms with Crippen LogP contribution in [0.4, 0.5) is 5.69 Å². The van der Waals surface area contributed by atoms with Gasteiger partial charge in [0, 0.05) is 31.2 Å². The van der Waals surface area contributed by atoms with E-state index in [1.54, 1.807) is 19.2 Å². The highest BCUT2D eigenvalue weighted by Gasteiger charge is 2.51. The molecule has 0 aromatic heterocycles. The van der Waals surface area contributed by atoms with Gasteiger partial charge in [0.1, 0.15) is 4.90 Å². The van der Waals surface area contributed by atoms with E-state index in [2.05, 4.69) is 10.6 Å². The Morgan fingerprint density at radius 3 is 2.23 bits per heavy atom. The first-order valence-corrected chi connectivity index (χ1v) is 12.5. The van der Waals surface area contributed by atoms with Gasteiger partial charge in [0.25, 0.3) is 5.91 Å². The summed E-state index contributed by atoms with van der Waals surface area (Å²) >= 11 is 0. The number of hydrogen-bond donors (Lipinski definition) is 2. The number of morpholine rings is 1. The Labute approximate surface area is 178 Å². The van der Waals surface area contributed by atoms with Crippen molar-refractivity contribution in [3.63, 3.8) is 0 Å². The molecule has 1 saturated heterocycles. The third-order valence-electron chi connectivity index (χ3n) is 7.52. The third kappa shape index (κ3) is 3.52. The zero-order chi connectivity index (χ0) is 20.9. The Morgan fingerprint density at radius 2 is 1.67 bits per heavy atom. The van der Waals surface area contributed by atoms with Crippen LogP contribution >= 0.6 is 0 Å². The Bertz CT molecular complexity index is 904. The summed E-state index contributed by atoms with van der Waals surface area (Å²) in [5.74, 6) is 2.06. The molecule has 1 aliphatic heterocycles. The van der Waals surface area contributed by atoms with Gasteiger partial charge in [-0.25, -0.2) is 8.42 Å². The topological polar surface area (TPSA) is 87.7 Å². The number of benzene rings is 1. The van der Waals surface area contributed by atoms with E-state index in [0.29, 0.717) is 37.6 Å². The summed E-state index contributed by atoms with van der Waals surface area (Å²) < 4.78 is 33.2. The molecule has 2 N–H and O–H groups in total. The van der Waals surface area contributed by atoms with Crippen molar-refractivity contribution in [2.45, 2.75) is 49.0 Å². The average Bonchev–Trinajstić information content (AvgIpc) is 2.72. The van der Waals surface area contributed by atoms with Crippen molar-refractivity contribution in [1.29, 1.82) is 0 Å². The molecule has 1 aromatic rings. The maximum atomic E-state index is 13.3. The predicted molar refractivity (Wildman–Crippen MR) is 114 cm³/mol. The lowest BCUT2D eigenvalue weighted by atomic mass is 9.53. The van der Waals surface area contributed by atoms with E-state index in [9.17, 15) is 13.2 Å². The van der Waals surface area contributed by atoms with Gasteiger partial charge in [-0.1, -0.05) is 0 Å². The van der Waals surface area contributed by atoms with E-state index in [1.807, 2.05) is 0 Å². The molecule has 1 heterocycles. The average molecular weight is 434 g/mol. The summed E-state index contributed by atoms with van der Waals surface area (Å²) in [7, 11) is -2.01. The first-order chi connectivity index (χ1) is 14.4. The maximum Gasteiger partial charge on any atom is 0.251 e. The third-order valence-corrected chi connectivity index (χ3v) is 9.46. The molecule has 6 rings (SSSR count). The molecule has 1 aromatic carbocycles. The molecule has 164 valence electrons. The standard InChI is InChI=1S/C22H31N3O4S/c1-23-19-3-2-18(11-20(19)30(27,28)25-4-6-29-7-5-25)21(26)24-22-12-15-8-16(13-22)10-17(9-15)14-22/h2-3,11,15-17,23H,4-10,12-14H2,1H3,(H,24,26). The van der Waals surface area contributed by atoms with Gasteiger partial charge in [-0.15, -0.1) is 0 Å². The molecule has 0 radical (unpaired) electrons. The molecule has 7 nitrogen and oxygen atoms in total. The molecule has 8 heteroatoms. The quantitative estimate of drug-likeness (QED) is 0.745. The van der Waals surface area contributed by atoms with Crippen LogP contribution in [0.2, 0.25) is 0 Å². The second-order valence-corrected chi connectivity index (χ2v) is 11.5. The van der Waals surface area contributed by atoms with Crippen LogP contribution in [0.25, 0.3) is 0 Å². The summed E-state index contributed by atoms with van der Waals surface area (Å²) in [5.41, 5.74) is 0.820. The summed E-state index contributed by atoms with van der Waals surface area (Å²) in [5, 5.41) is 6.31. The summed E-state index contributed by atoms with van der Waals surface area (Å²) in [6.45, 7) is 1.44. The highest BCUT2D eigenvalue weighted by molar-refractivity contribution is 7.89. The molecule has 0 atom stereocenters. The fourth-order valence-corrected chi connectivity index (χ4v) is 8.22. The number of carbonyl (C=O) groups is 1. The highest BCUT2D eigenvalue weighted by Crippen LogP contribution is 2.55. The van der Waals surface area contributed by atoms with Crippen LogP contribution in [0.15, 0.2) is 23.1 Å². The predicted octanol–water partition coefficient (Wildman–Crippen LogP) is 2.45. The lowest BCUT2D eigenvalue weighted by Crippen LogP contribution is -2.59. The van der Waals surface area contributed by atoms with Gasteiger partial charge < -0.3 is 15.4 Å². The molecule has 4 saturated carbocycles. The zero-order valence-electron chi connectivity index (χ0n) is 17.5. The lowest BCUT2D eigenvalue weighted by molar-refractivity contribution is -0.0167. The van der Waals surface area contributed by atoms with E-state index in [1.165, 1.54) is 29.6 Å². The van der Waals surface area contributed by atoms with E-state index in [4.69, 9.17) is 4.74 Å². The van der Waals surface area contributed by atoms with Gasteiger partial charge in [0.05, 0.1) is 18.9 Å². The molecule has 4 bridgehead atoms. The van der Waals surface area contributed by atoms with Crippen LogP contribution in [0.5, 0.6) is 0 Å². The molecule has 30 heavy (non-hydrogen) atoms. The van der Waals surface area contributed by atoms with E-state index in [-0.39, 0.29) is 16.3 Å². The van der Waals surface area contributed by atoms with Gasteiger partial charge in [-0.05, 0) is 74.5 Å². The number of nitrogens with one attached hydrogen (secondary N) is 2. The van der Waals surface area contributed by atoms with Gasteiger partial charge >= 0.3 is 0 Å². The molecule has 5 fully saturated rings. The molecular formula is C22H31N3O4S. The van der Waals surface area contributed by atoms with Crippen LogP contribution in [0.3, 0.4) is 0 Å². The Kier molecular flexibility index (Phi) is 5.07. The van der Waals surface area contributed by atoms with Crippen molar-refractivity contribution in [3.05, 3.63) is 23.8 Å². The molecule has 1 amide bonds. The van der Waals surface area contributed by atoms with E-state index in [0.717, 1.165) is 37.0 Å². The van der Waals surface area contributed by atoms with Gasteiger partial charge in [0.15, 0.2) is 0 Å². The second-order valence-electron chi connectivity index (χ2n) is 9.63. The van der Waals surface area contributed by atoms with Crippen molar-refractivity contribution >= 4 is 21.6 Å². The Morgan fingerprint density at radius 1 is 1.07 bits per heavy atom. The minimum atomic E-state index is -3.70. The minimum Gasteiger partial charge on any atom is -0.387 e. The first kappa shape index (κ1) is 20.3. The fourth-order valence-electron chi connectivity index (χ4n) is 6.59. The zero-order valence-corrected chi connectivity index (χ0v) is 18.3. The number of sulfonamides is 1. The Balaban J connectivity index is 1.41. The van der Waals surface area contributed by atoms with Gasteiger partial charge in [-0.3, -0.25) is 4.79 Å². The maximum absolute atomic E-state index is 13.3. The van der Waals surface area contributed by atoms with E-state index >= 15 is 0 Å². The van der Waals surface area contributed by atoms with Crippen LogP contribution in [-0.4, -0.2) is 57.5 Å². The number of nitrogens with zero attached hydrogens (tertiary/aromatic N) is 1. The fraction of sp³-hybridized carbons (Fsp3) is 0.682. The van der Waals surface area contributed by atoms with Crippen molar-refractivity contribution < 1.29 is 17.9 Å². The van der Waals surface area contributed by atoms with Crippen LogP contribution in [0, 0.1) is 17.8 Å². The smallest absolute Gasteiger partial charge is 0.251 e. The normalized spacial score (nSPS) is 33.4. The van der Waals surface area contributed by atoms with E-state index < -0.39 is 10.0 Å². The summed E-state index contributed by atoms with van der Waals surface area (Å²) in [4.78, 5) is 13.4. The number of hydrogen-bond acceptors (Lipinski definition) is 5. The lowest BCUT2D eigenvalue weighted by Gasteiger charge is -2.56. The Hall–Kier alpha value is -1.64. The number of anilines is 1. The highest BCUT2D eigenvalue weighted by atomic mass is 32.2. The van der Waals surface area contributed by atoms with Crippen molar-refractivity contribution in [2.75, 3.05) is 38.7 Å². The van der Waals surface area contributed by atoms with Gasteiger partial charge in [0.2, 0.25) is 10.0 Å². The number of rotatable bonds is 5. The van der Waals surface area contributed by atoms with Crippen LogP contribution in [-0.2, 0) is 14.8 Å². The SMILES string of the molecule is CNc1ccc(C(=O)NC23CC4CC(CC(C4)C2)C3)cc1S(=O)(=O)N1CCOCC1. The van der Waals surface area contributed by atoms with Gasteiger partial charge in [-0.2, -0.15) is 4.31 Å². The van der Waals surface area contributed by atoms with Crippen LogP contribution in [0.1, 0.15) is 48.9 Å². The summed E-state index contributed by atoms with van der Waals surface area (Å²) in [6.07, 6.45) is 7.14. The monoisotopic (exact) mass is 433 g/mol. The summed E-state index contributed by atoms with van der Waals surface area (Å²) in [6, 6.07) is 4.95. The van der Waals surface area contributed by atoms with Crippen molar-refractivity contribution in [1.82, 2.24) is 9.62 Å². The van der Waals surface area contributed by atoms with Crippen molar-refractivity contribution in [3.8, 4) is 0 Å². The number of carbonyl (C=O) groups excluding carboxylic acids is 1. The number of amides is 1. The molecular weight excluding hydrogens is 402 g/mol. The van der Waals surface area contributed by atoms with Crippen LogP contribution < -0.4 is 10.6 Å². The molecule has 0 spiro atoms. The largest absolute Gasteiger partial charge is 0.387 e. The second kappa shape index (κ2) is 7.50. The number of ether oxygens (including phenoxy) is 1. The van der Waals surface area contributed by atoms with Crippen molar-refractivity contribution in [2.24, 2.45) is 17.8 Å². The first-order valence-electron chi connectivity index (χ1n) is 11.1. The molecule has 4 aliphatic carbocycles. The molecule has 5 aliphatic rings.